The van der Waals surface area contributed by atoms with Crippen molar-refractivity contribution in [3.05, 3.63) is 35.9 Å². The van der Waals surface area contributed by atoms with E-state index in [4.69, 9.17) is 0 Å². The van der Waals surface area contributed by atoms with E-state index < -0.39 is 0 Å². The van der Waals surface area contributed by atoms with E-state index in [0.29, 0.717) is 24.5 Å². The molecule has 132 valence electrons. The Labute approximate surface area is 145 Å². The fourth-order valence-corrected chi connectivity index (χ4v) is 3.07. The monoisotopic (exact) mass is 330 g/mol. The van der Waals surface area contributed by atoms with Crippen LogP contribution in [0.25, 0.3) is 0 Å². The van der Waals surface area contributed by atoms with Gasteiger partial charge >= 0.3 is 0 Å². The molecule has 1 fully saturated rings. The molecule has 5 nitrogen and oxygen atoms in total. The highest BCUT2D eigenvalue weighted by atomic mass is 16.2. The minimum atomic E-state index is 0.153. The largest absolute Gasteiger partial charge is 0.354 e. The lowest BCUT2D eigenvalue weighted by Gasteiger charge is -2.32. The Hall–Kier alpha value is -2.04. The van der Waals surface area contributed by atoms with Crippen LogP contribution in [0.2, 0.25) is 0 Å². The lowest BCUT2D eigenvalue weighted by Crippen LogP contribution is -2.48. The molecule has 2 rings (SSSR count). The maximum absolute atomic E-state index is 12.3. The third-order valence-electron chi connectivity index (χ3n) is 4.39. The number of hydrogen-bond acceptors (Lipinski definition) is 2. The van der Waals surface area contributed by atoms with E-state index in [0.717, 1.165) is 32.4 Å². The SMILES string of the molecule is CN=C(NCC(=O)N1CCC(Cc2ccccc2)CC1)NC(C)C. The first-order chi connectivity index (χ1) is 11.6. The standard InChI is InChI=1S/C19H30N4O/c1-15(2)22-19(20-3)21-14-18(24)23-11-9-17(10-12-23)13-16-7-5-4-6-8-16/h4-8,15,17H,9-14H2,1-3H3,(H2,20,21,22). The molecule has 1 aromatic carbocycles. The second-order valence-corrected chi connectivity index (χ2v) is 6.74. The molecule has 1 aromatic rings. The van der Waals surface area contributed by atoms with Crippen LogP contribution in [0, 0.1) is 5.92 Å². The Kier molecular flexibility index (Phi) is 7.09. The van der Waals surface area contributed by atoms with Crippen molar-refractivity contribution in [2.45, 2.75) is 39.2 Å². The number of amides is 1. The van der Waals surface area contributed by atoms with E-state index in [9.17, 15) is 4.79 Å². The molecule has 1 amide bonds. The molecule has 0 unspecified atom stereocenters. The minimum absolute atomic E-state index is 0.153. The summed E-state index contributed by atoms with van der Waals surface area (Å²) in [6, 6.07) is 10.9. The smallest absolute Gasteiger partial charge is 0.241 e. The van der Waals surface area contributed by atoms with Gasteiger partial charge in [0.1, 0.15) is 0 Å². The topological polar surface area (TPSA) is 56.7 Å². The van der Waals surface area contributed by atoms with Crippen LogP contribution in [0.1, 0.15) is 32.3 Å². The Bertz CT molecular complexity index is 534. The van der Waals surface area contributed by atoms with Crippen LogP contribution in [-0.4, -0.2) is 49.5 Å². The Morgan fingerprint density at radius 2 is 1.92 bits per heavy atom. The molecule has 24 heavy (non-hydrogen) atoms. The molecule has 0 spiro atoms. The van der Waals surface area contributed by atoms with Crippen molar-refractivity contribution < 1.29 is 4.79 Å². The predicted octanol–water partition coefficient (Wildman–Crippen LogP) is 2.04. The summed E-state index contributed by atoms with van der Waals surface area (Å²) < 4.78 is 0. The van der Waals surface area contributed by atoms with Crippen molar-refractivity contribution >= 4 is 11.9 Å². The van der Waals surface area contributed by atoms with Gasteiger partial charge in [0.25, 0.3) is 0 Å². The summed E-state index contributed by atoms with van der Waals surface area (Å²) in [4.78, 5) is 18.4. The number of guanidine groups is 1. The number of rotatable bonds is 5. The van der Waals surface area contributed by atoms with Crippen molar-refractivity contribution in [1.82, 2.24) is 15.5 Å². The highest BCUT2D eigenvalue weighted by Crippen LogP contribution is 2.21. The summed E-state index contributed by atoms with van der Waals surface area (Å²) in [5.41, 5.74) is 1.40. The van der Waals surface area contributed by atoms with Crippen molar-refractivity contribution in [3.63, 3.8) is 0 Å². The van der Waals surface area contributed by atoms with Crippen LogP contribution >= 0.6 is 0 Å². The summed E-state index contributed by atoms with van der Waals surface area (Å²) in [5.74, 6) is 1.51. The first kappa shape index (κ1) is 18.3. The molecule has 1 aliphatic heterocycles. The summed E-state index contributed by atoms with van der Waals surface area (Å²) >= 11 is 0. The quantitative estimate of drug-likeness (QED) is 0.642. The zero-order valence-electron chi connectivity index (χ0n) is 15.1. The summed E-state index contributed by atoms with van der Waals surface area (Å²) in [5, 5.41) is 6.29. The van der Waals surface area contributed by atoms with Crippen LogP contribution in [-0.2, 0) is 11.2 Å². The van der Waals surface area contributed by atoms with E-state index in [-0.39, 0.29) is 5.91 Å². The van der Waals surface area contributed by atoms with E-state index in [2.05, 4.69) is 46.0 Å². The first-order valence-electron chi connectivity index (χ1n) is 8.87. The number of hydrogen-bond donors (Lipinski definition) is 2. The number of carbonyl (C=O) groups is 1. The molecular weight excluding hydrogens is 300 g/mol. The molecule has 0 radical (unpaired) electrons. The molecule has 2 N–H and O–H groups in total. The van der Waals surface area contributed by atoms with Crippen LogP contribution in [0.4, 0.5) is 0 Å². The lowest BCUT2D eigenvalue weighted by molar-refractivity contribution is -0.131. The number of benzene rings is 1. The average Bonchev–Trinajstić information content (AvgIpc) is 2.59. The Morgan fingerprint density at radius 1 is 1.25 bits per heavy atom. The highest BCUT2D eigenvalue weighted by Gasteiger charge is 2.22. The summed E-state index contributed by atoms with van der Waals surface area (Å²) in [6.07, 6.45) is 3.28. The molecular formula is C19H30N4O. The number of nitrogens with one attached hydrogen (secondary N) is 2. The fraction of sp³-hybridized carbons (Fsp3) is 0.579. The molecule has 0 saturated carbocycles. The second kappa shape index (κ2) is 9.30. The third kappa shape index (κ3) is 5.87. The second-order valence-electron chi connectivity index (χ2n) is 6.74. The van der Waals surface area contributed by atoms with Crippen molar-refractivity contribution in [2.24, 2.45) is 10.9 Å². The highest BCUT2D eigenvalue weighted by molar-refractivity contribution is 5.86. The van der Waals surface area contributed by atoms with Gasteiger partial charge < -0.3 is 15.5 Å². The zero-order chi connectivity index (χ0) is 17.4. The average molecular weight is 330 g/mol. The van der Waals surface area contributed by atoms with Gasteiger partial charge in [-0.25, -0.2) is 0 Å². The van der Waals surface area contributed by atoms with Crippen molar-refractivity contribution in [3.8, 4) is 0 Å². The van der Waals surface area contributed by atoms with Crippen LogP contribution in [0.5, 0.6) is 0 Å². The Morgan fingerprint density at radius 3 is 2.50 bits per heavy atom. The lowest BCUT2D eigenvalue weighted by atomic mass is 9.90. The number of nitrogens with zero attached hydrogens (tertiary/aromatic N) is 2. The zero-order valence-corrected chi connectivity index (χ0v) is 15.1. The normalized spacial score (nSPS) is 16.3. The van der Waals surface area contributed by atoms with Gasteiger partial charge in [-0.15, -0.1) is 0 Å². The molecule has 0 aromatic heterocycles. The predicted molar refractivity (Wildman–Crippen MR) is 99.1 cm³/mol. The molecule has 1 saturated heterocycles. The van der Waals surface area contributed by atoms with Gasteiger partial charge in [-0.1, -0.05) is 30.3 Å². The molecule has 1 heterocycles. The first-order valence-corrected chi connectivity index (χ1v) is 8.87. The van der Waals surface area contributed by atoms with Gasteiger partial charge in [0.2, 0.25) is 5.91 Å². The van der Waals surface area contributed by atoms with E-state index in [1.54, 1.807) is 7.05 Å². The molecule has 0 aliphatic carbocycles. The fourth-order valence-electron chi connectivity index (χ4n) is 3.07. The molecule has 0 atom stereocenters. The van der Waals surface area contributed by atoms with Gasteiger partial charge in [0, 0.05) is 26.2 Å². The van der Waals surface area contributed by atoms with Gasteiger partial charge in [-0.3, -0.25) is 9.79 Å². The molecule has 1 aliphatic rings. The van der Waals surface area contributed by atoms with Crippen LogP contribution < -0.4 is 10.6 Å². The minimum Gasteiger partial charge on any atom is -0.354 e. The van der Waals surface area contributed by atoms with Gasteiger partial charge in [-0.05, 0) is 44.6 Å². The maximum Gasteiger partial charge on any atom is 0.241 e. The maximum atomic E-state index is 12.3. The molecule has 5 heteroatoms. The summed E-state index contributed by atoms with van der Waals surface area (Å²) in [7, 11) is 1.72. The van der Waals surface area contributed by atoms with Crippen molar-refractivity contribution in [1.29, 1.82) is 0 Å². The third-order valence-corrected chi connectivity index (χ3v) is 4.39. The molecule has 0 bridgehead atoms. The van der Waals surface area contributed by atoms with Gasteiger partial charge in [-0.2, -0.15) is 0 Å². The number of likely N-dealkylation sites (tertiary alicyclic amines) is 1. The van der Waals surface area contributed by atoms with Crippen LogP contribution in [0.3, 0.4) is 0 Å². The van der Waals surface area contributed by atoms with Crippen molar-refractivity contribution in [2.75, 3.05) is 26.7 Å². The van der Waals surface area contributed by atoms with E-state index in [1.807, 2.05) is 18.7 Å². The van der Waals surface area contributed by atoms with E-state index >= 15 is 0 Å². The summed E-state index contributed by atoms with van der Waals surface area (Å²) in [6.45, 7) is 6.11. The van der Waals surface area contributed by atoms with E-state index in [1.165, 1.54) is 5.56 Å². The van der Waals surface area contributed by atoms with Crippen LogP contribution in [0.15, 0.2) is 35.3 Å². The number of piperidine rings is 1. The Balaban J connectivity index is 1.72. The van der Waals surface area contributed by atoms with Gasteiger partial charge in [0.15, 0.2) is 5.96 Å². The number of carbonyl (C=O) groups excluding carboxylic acids is 1. The number of aliphatic imine (C=N–C) groups is 1. The van der Waals surface area contributed by atoms with Gasteiger partial charge in [0.05, 0.1) is 6.54 Å².